The van der Waals surface area contributed by atoms with E-state index in [0.717, 1.165) is 11.3 Å². The summed E-state index contributed by atoms with van der Waals surface area (Å²) >= 11 is 0. The molecule has 0 fully saturated rings. The highest BCUT2D eigenvalue weighted by Crippen LogP contribution is 2.38. The lowest BCUT2D eigenvalue weighted by atomic mass is 9.98. The van der Waals surface area contributed by atoms with Crippen LogP contribution in [0.3, 0.4) is 0 Å². The molecule has 6 aromatic rings. The van der Waals surface area contributed by atoms with E-state index in [-0.39, 0.29) is 16.8 Å². The molecule has 0 saturated heterocycles. The summed E-state index contributed by atoms with van der Waals surface area (Å²) in [7, 11) is 0. The number of hydrogen-bond acceptors (Lipinski definition) is 6. The molecular formula is C27H16N4O4. The van der Waals surface area contributed by atoms with Crippen molar-refractivity contribution in [3.8, 4) is 33.7 Å². The molecule has 6 rings (SSSR count). The molecule has 0 bridgehead atoms. The molecule has 168 valence electrons. The van der Waals surface area contributed by atoms with Crippen LogP contribution < -0.4 is 5.63 Å². The molecule has 0 aliphatic carbocycles. The Bertz CT molecular complexity index is 1790. The van der Waals surface area contributed by atoms with Crippen LogP contribution in [0, 0.1) is 10.1 Å². The van der Waals surface area contributed by atoms with Crippen molar-refractivity contribution in [3.05, 3.63) is 118 Å². The van der Waals surface area contributed by atoms with Gasteiger partial charge in [0.25, 0.3) is 5.69 Å². The van der Waals surface area contributed by atoms with Crippen LogP contribution in [0.2, 0.25) is 0 Å². The van der Waals surface area contributed by atoms with Crippen molar-refractivity contribution < 1.29 is 9.34 Å². The highest BCUT2D eigenvalue weighted by atomic mass is 16.6. The van der Waals surface area contributed by atoms with Gasteiger partial charge in [0.15, 0.2) is 5.65 Å². The first-order valence-corrected chi connectivity index (χ1v) is 10.8. The molecule has 35 heavy (non-hydrogen) atoms. The number of non-ortho nitro benzene ring substituents is 1. The van der Waals surface area contributed by atoms with Gasteiger partial charge in [-0.2, -0.15) is 5.10 Å². The number of nitro groups is 1. The van der Waals surface area contributed by atoms with Gasteiger partial charge in [0.2, 0.25) is 0 Å². The van der Waals surface area contributed by atoms with Gasteiger partial charge in [-0.15, -0.1) is 0 Å². The van der Waals surface area contributed by atoms with Gasteiger partial charge < -0.3 is 4.42 Å². The van der Waals surface area contributed by atoms with E-state index in [1.54, 1.807) is 22.8 Å². The maximum atomic E-state index is 13.3. The Morgan fingerprint density at radius 3 is 2.23 bits per heavy atom. The molecule has 0 atom stereocenters. The summed E-state index contributed by atoms with van der Waals surface area (Å²) in [6.07, 6.45) is 1.62. The highest BCUT2D eigenvalue weighted by molar-refractivity contribution is 6.04. The molecule has 3 aromatic heterocycles. The quantitative estimate of drug-likeness (QED) is 0.245. The van der Waals surface area contributed by atoms with E-state index >= 15 is 0 Å². The van der Waals surface area contributed by atoms with Crippen LogP contribution in [0.1, 0.15) is 0 Å². The average Bonchev–Trinajstić information content (AvgIpc) is 3.30. The van der Waals surface area contributed by atoms with Crippen LogP contribution in [0.4, 0.5) is 5.69 Å². The monoisotopic (exact) mass is 460 g/mol. The van der Waals surface area contributed by atoms with Crippen molar-refractivity contribution in [2.45, 2.75) is 0 Å². The molecular weight excluding hydrogens is 444 g/mol. The molecule has 0 aliphatic rings. The number of rotatable bonds is 4. The number of nitrogens with zero attached hydrogens (tertiary/aromatic N) is 4. The minimum Gasteiger partial charge on any atom is -0.421 e. The standard InChI is InChI=1S/C27H16N4O4/c32-27-23-24(29-30-21(14-15-28-26(23)30)17-8-3-1-4-9-17)22(19-12-7-13-20(16-19)31(33)34)25(35-27)18-10-5-2-6-11-18/h1-16H. The Kier molecular flexibility index (Phi) is 4.70. The zero-order valence-corrected chi connectivity index (χ0v) is 18.2. The first kappa shape index (κ1) is 20.5. The van der Waals surface area contributed by atoms with Crippen LogP contribution in [-0.4, -0.2) is 19.5 Å². The first-order chi connectivity index (χ1) is 17.1. The molecule has 0 saturated carbocycles. The van der Waals surface area contributed by atoms with Gasteiger partial charge in [-0.25, -0.2) is 14.3 Å². The Morgan fingerprint density at radius 1 is 0.829 bits per heavy atom. The summed E-state index contributed by atoms with van der Waals surface area (Å²) in [5.41, 5.74) is 3.35. The predicted molar refractivity (Wildman–Crippen MR) is 132 cm³/mol. The first-order valence-electron chi connectivity index (χ1n) is 10.8. The van der Waals surface area contributed by atoms with Crippen LogP contribution >= 0.6 is 0 Å². The van der Waals surface area contributed by atoms with Gasteiger partial charge in [0.1, 0.15) is 16.7 Å². The van der Waals surface area contributed by atoms with E-state index in [1.807, 2.05) is 66.7 Å². The minimum absolute atomic E-state index is 0.0762. The van der Waals surface area contributed by atoms with Gasteiger partial charge in [0, 0.05) is 29.5 Å². The zero-order valence-electron chi connectivity index (χ0n) is 18.2. The third-order valence-electron chi connectivity index (χ3n) is 5.83. The van der Waals surface area contributed by atoms with Gasteiger partial charge in [-0.1, -0.05) is 72.8 Å². The maximum absolute atomic E-state index is 13.3. The topological polar surface area (TPSA) is 104 Å². The van der Waals surface area contributed by atoms with Crippen molar-refractivity contribution in [2.75, 3.05) is 0 Å². The predicted octanol–water partition coefficient (Wildman–Crippen LogP) is 5.74. The fraction of sp³-hybridized carbons (Fsp3) is 0. The summed E-state index contributed by atoms with van der Waals surface area (Å²) in [5.74, 6) is 0.285. The Labute approximate surface area is 197 Å². The van der Waals surface area contributed by atoms with Crippen LogP contribution in [0.5, 0.6) is 0 Å². The van der Waals surface area contributed by atoms with Crippen molar-refractivity contribution in [1.82, 2.24) is 14.6 Å². The number of hydrogen-bond donors (Lipinski definition) is 0. The van der Waals surface area contributed by atoms with E-state index in [2.05, 4.69) is 4.98 Å². The van der Waals surface area contributed by atoms with Gasteiger partial charge in [-0.05, 0) is 11.6 Å². The second-order valence-corrected chi connectivity index (χ2v) is 7.92. The summed E-state index contributed by atoms with van der Waals surface area (Å²) in [6.45, 7) is 0. The normalized spacial score (nSPS) is 11.2. The molecule has 3 aromatic carbocycles. The third kappa shape index (κ3) is 3.36. The second kappa shape index (κ2) is 8.03. The van der Waals surface area contributed by atoms with Crippen LogP contribution in [0.15, 0.2) is 106 Å². The number of nitro benzene ring substituents is 1. The Morgan fingerprint density at radius 2 is 1.51 bits per heavy atom. The molecule has 0 unspecified atom stereocenters. The molecule has 3 heterocycles. The molecule has 0 radical (unpaired) electrons. The average molecular weight is 460 g/mol. The van der Waals surface area contributed by atoms with E-state index < -0.39 is 10.5 Å². The largest absolute Gasteiger partial charge is 0.421 e. The Balaban J connectivity index is 1.77. The van der Waals surface area contributed by atoms with E-state index in [0.29, 0.717) is 27.9 Å². The van der Waals surface area contributed by atoms with Gasteiger partial charge >= 0.3 is 5.63 Å². The fourth-order valence-corrected chi connectivity index (χ4v) is 4.27. The fourth-order valence-electron chi connectivity index (χ4n) is 4.27. The molecule has 0 spiro atoms. The van der Waals surface area contributed by atoms with Crippen LogP contribution in [-0.2, 0) is 0 Å². The summed E-state index contributed by atoms with van der Waals surface area (Å²) in [5, 5.41) is 16.5. The summed E-state index contributed by atoms with van der Waals surface area (Å²) in [6, 6.07) is 26.8. The van der Waals surface area contributed by atoms with Crippen LogP contribution in [0.25, 0.3) is 50.3 Å². The maximum Gasteiger partial charge on any atom is 0.349 e. The summed E-state index contributed by atoms with van der Waals surface area (Å²) in [4.78, 5) is 28.8. The molecule has 0 aliphatic heterocycles. The van der Waals surface area contributed by atoms with Crippen molar-refractivity contribution >= 4 is 22.2 Å². The van der Waals surface area contributed by atoms with Gasteiger partial charge in [-0.3, -0.25) is 10.1 Å². The number of aromatic nitrogens is 3. The third-order valence-corrected chi connectivity index (χ3v) is 5.83. The van der Waals surface area contributed by atoms with E-state index in [1.165, 1.54) is 12.1 Å². The summed E-state index contributed by atoms with van der Waals surface area (Å²) < 4.78 is 7.47. The molecule has 8 nitrogen and oxygen atoms in total. The second-order valence-electron chi connectivity index (χ2n) is 7.92. The van der Waals surface area contributed by atoms with Crippen molar-refractivity contribution in [1.29, 1.82) is 0 Å². The van der Waals surface area contributed by atoms with Crippen molar-refractivity contribution in [3.63, 3.8) is 0 Å². The van der Waals surface area contributed by atoms with Crippen molar-refractivity contribution in [2.24, 2.45) is 0 Å². The zero-order chi connectivity index (χ0) is 23.9. The lowest BCUT2D eigenvalue weighted by Gasteiger charge is -2.09. The minimum atomic E-state index is -0.583. The number of fused-ring (bicyclic) bond motifs is 3. The smallest absolute Gasteiger partial charge is 0.349 e. The Hall–Kier alpha value is -5.11. The molecule has 0 amide bonds. The van der Waals surface area contributed by atoms with E-state index in [9.17, 15) is 14.9 Å². The highest BCUT2D eigenvalue weighted by Gasteiger charge is 2.24. The molecule has 0 N–H and O–H groups in total. The van der Waals surface area contributed by atoms with E-state index in [4.69, 9.17) is 9.52 Å². The van der Waals surface area contributed by atoms with Gasteiger partial charge in [0.05, 0.1) is 16.2 Å². The lowest BCUT2D eigenvalue weighted by Crippen LogP contribution is -2.03. The SMILES string of the molecule is O=c1oc(-c2ccccc2)c(-c2cccc([N+](=O)[O-])c2)c2nn3c(-c4ccccc4)ccnc3c12. The lowest BCUT2D eigenvalue weighted by molar-refractivity contribution is -0.384. The number of benzene rings is 3. The molecule has 8 heteroatoms.